The second-order valence-corrected chi connectivity index (χ2v) is 8.02. The van der Waals surface area contributed by atoms with Crippen molar-refractivity contribution in [1.29, 1.82) is 0 Å². The van der Waals surface area contributed by atoms with Crippen molar-refractivity contribution in [2.24, 2.45) is 0 Å². The number of ether oxygens (including phenoxy) is 1. The number of carbonyl (C=O) groups is 1. The molecule has 0 aliphatic rings. The van der Waals surface area contributed by atoms with Crippen molar-refractivity contribution in [2.45, 2.75) is 25.7 Å². The Labute approximate surface area is 165 Å². The van der Waals surface area contributed by atoms with E-state index in [1.54, 1.807) is 38.1 Å². The molecule has 1 amide bonds. The van der Waals surface area contributed by atoms with Crippen LogP contribution in [0.4, 0.5) is 5.69 Å². The highest BCUT2D eigenvalue weighted by Crippen LogP contribution is 2.30. The molecule has 2 aromatic rings. The molecule has 0 saturated carbocycles. The molecule has 0 spiro atoms. The van der Waals surface area contributed by atoms with Gasteiger partial charge in [-0.1, -0.05) is 31.5 Å². The molecule has 2 rings (SSSR count). The predicted molar refractivity (Wildman–Crippen MR) is 107 cm³/mol. The first-order valence-corrected chi connectivity index (χ1v) is 10.5. The van der Waals surface area contributed by atoms with Crippen LogP contribution in [0.25, 0.3) is 0 Å². The highest BCUT2D eigenvalue weighted by Gasteiger charge is 2.23. The Bertz CT molecular complexity index is 912. The number of nitrogens with zero attached hydrogens (tertiary/aromatic N) is 1. The summed E-state index contributed by atoms with van der Waals surface area (Å²) >= 11 is 5.94. The zero-order chi connectivity index (χ0) is 20.0. The third-order valence-electron chi connectivity index (χ3n) is 3.93. The Balaban J connectivity index is 2.42. The highest BCUT2D eigenvalue weighted by atomic mass is 35.5. The average molecular weight is 411 g/mol. The van der Waals surface area contributed by atoms with E-state index in [0.717, 1.165) is 0 Å². The molecule has 2 aromatic carbocycles. The maximum absolute atomic E-state index is 12.8. The molecule has 8 heteroatoms. The monoisotopic (exact) mass is 410 g/mol. The topological polar surface area (TPSA) is 75.7 Å². The molecule has 0 saturated heterocycles. The van der Waals surface area contributed by atoms with Gasteiger partial charge < -0.3 is 10.1 Å². The maximum Gasteiger partial charge on any atom is 0.255 e. The number of nitrogens with one attached hydrogen (secondary N) is 1. The first-order chi connectivity index (χ1) is 12.8. The van der Waals surface area contributed by atoms with Gasteiger partial charge in [0.15, 0.2) is 0 Å². The fourth-order valence-electron chi connectivity index (χ4n) is 2.59. The lowest BCUT2D eigenvalue weighted by Crippen LogP contribution is -2.30. The van der Waals surface area contributed by atoms with E-state index in [1.807, 2.05) is 6.92 Å². The normalized spacial score (nSPS) is 11.4. The molecule has 0 heterocycles. The lowest BCUT2D eigenvalue weighted by atomic mass is 10.2. The number of amides is 1. The van der Waals surface area contributed by atoms with E-state index >= 15 is 0 Å². The van der Waals surface area contributed by atoms with Crippen molar-refractivity contribution in [3.05, 3.63) is 53.1 Å². The van der Waals surface area contributed by atoms with Crippen molar-refractivity contribution < 1.29 is 17.9 Å². The summed E-state index contributed by atoms with van der Waals surface area (Å²) < 4.78 is 32.4. The van der Waals surface area contributed by atoms with Gasteiger partial charge in [0, 0.05) is 23.7 Å². The Morgan fingerprint density at radius 1 is 1.11 bits per heavy atom. The van der Waals surface area contributed by atoms with Crippen LogP contribution in [0.3, 0.4) is 0 Å². The first kappa shape index (κ1) is 21.2. The van der Waals surface area contributed by atoms with Crippen LogP contribution in [-0.4, -0.2) is 38.3 Å². The van der Waals surface area contributed by atoms with E-state index in [2.05, 4.69) is 5.32 Å². The molecule has 0 aliphatic carbocycles. The fraction of sp³-hybridized carbons (Fsp3) is 0.316. The van der Waals surface area contributed by atoms with E-state index in [9.17, 15) is 13.2 Å². The molecule has 0 unspecified atom stereocenters. The molecular formula is C19H23ClN2O4S. The largest absolute Gasteiger partial charge is 0.492 e. The number of hydrogen-bond donors (Lipinski definition) is 1. The van der Waals surface area contributed by atoms with E-state index in [0.29, 0.717) is 36.0 Å². The average Bonchev–Trinajstić information content (AvgIpc) is 2.64. The second kappa shape index (κ2) is 9.21. The van der Waals surface area contributed by atoms with Gasteiger partial charge in [-0.15, -0.1) is 0 Å². The van der Waals surface area contributed by atoms with Crippen molar-refractivity contribution in [2.75, 3.05) is 25.0 Å². The Morgan fingerprint density at radius 3 is 2.41 bits per heavy atom. The van der Waals surface area contributed by atoms with Gasteiger partial charge in [-0.25, -0.2) is 8.42 Å². The zero-order valence-electron chi connectivity index (χ0n) is 15.5. The summed E-state index contributed by atoms with van der Waals surface area (Å²) in [7, 11) is -3.66. The number of anilines is 1. The molecule has 0 atom stereocenters. The number of rotatable bonds is 8. The Kier molecular flexibility index (Phi) is 7.24. The van der Waals surface area contributed by atoms with Gasteiger partial charge in [0.05, 0.1) is 17.2 Å². The second-order valence-electron chi connectivity index (χ2n) is 5.64. The van der Waals surface area contributed by atoms with Crippen LogP contribution in [0.5, 0.6) is 5.75 Å². The van der Waals surface area contributed by atoms with E-state index in [1.165, 1.54) is 22.5 Å². The van der Waals surface area contributed by atoms with E-state index in [4.69, 9.17) is 16.3 Å². The summed E-state index contributed by atoms with van der Waals surface area (Å²) in [5.41, 5.74) is 0.650. The number of benzene rings is 2. The third-order valence-corrected chi connectivity index (χ3v) is 6.21. The Hall–Kier alpha value is -2.09. The van der Waals surface area contributed by atoms with Crippen LogP contribution in [-0.2, 0) is 10.0 Å². The highest BCUT2D eigenvalue weighted by molar-refractivity contribution is 7.89. The van der Waals surface area contributed by atoms with Crippen LogP contribution in [0.1, 0.15) is 31.1 Å². The molecule has 0 aliphatic heterocycles. The number of halogens is 1. The summed E-state index contributed by atoms with van der Waals surface area (Å²) in [5.74, 6) is -0.0118. The molecular weight excluding hydrogens is 388 g/mol. The minimum atomic E-state index is -3.66. The summed E-state index contributed by atoms with van der Waals surface area (Å²) in [4.78, 5) is 12.6. The smallest absolute Gasteiger partial charge is 0.255 e. The third kappa shape index (κ3) is 5.00. The van der Waals surface area contributed by atoms with Gasteiger partial charge in [-0.2, -0.15) is 4.31 Å². The molecule has 146 valence electrons. The van der Waals surface area contributed by atoms with Crippen LogP contribution in [0, 0.1) is 0 Å². The van der Waals surface area contributed by atoms with Crippen LogP contribution in [0.2, 0.25) is 5.02 Å². The van der Waals surface area contributed by atoms with Gasteiger partial charge in [-0.3, -0.25) is 4.79 Å². The first-order valence-electron chi connectivity index (χ1n) is 8.67. The molecule has 1 N–H and O–H groups in total. The molecule has 0 fully saturated rings. The summed E-state index contributed by atoms with van der Waals surface area (Å²) in [5, 5.41) is 3.16. The molecule has 0 aromatic heterocycles. The van der Waals surface area contributed by atoms with Gasteiger partial charge in [0.25, 0.3) is 5.91 Å². The minimum absolute atomic E-state index is 0.0936. The van der Waals surface area contributed by atoms with Gasteiger partial charge in [0.1, 0.15) is 5.75 Å². The summed E-state index contributed by atoms with van der Waals surface area (Å²) in [6.45, 7) is 6.45. The van der Waals surface area contributed by atoms with Crippen molar-refractivity contribution in [3.63, 3.8) is 0 Å². The van der Waals surface area contributed by atoms with Crippen LogP contribution in [0.15, 0.2) is 47.4 Å². The summed E-state index contributed by atoms with van der Waals surface area (Å²) in [6.07, 6.45) is 0. The van der Waals surface area contributed by atoms with Crippen molar-refractivity contribution in [1.82, 2.24) is 4.31 Å². The fourth-order valence-corrected chi connectivity index (χ4v) is 4.26. The van der Waals surface area contributed by atoms with Gasteiger partial charge >= 0.3 is 0 Å². The molecule has 0 radical (unpaired) electrons. The number of carbonyl (C=O) groups excluding carboxylic acids is 1. The number of hydrogen-bond acceptors (Lipinski definition) is 4. The lowest BCUT2D eigenvalue weighted by Gasteiger charge is -2.20. The molecule has 6 nitrogen and oxygen atoms in total. The predicted octanol–water partition coefficient (Wildman–Crippen LogP) is 4.02. The SMILES string of the molecule is CCOc1ccc(S(=O)(=O)N(CC)CC)cc1NC(=O)c1cccc(Cl)c1. The van der Waals surface area contributed by atoms with Crippen molar-refractivity contribution >= 4 is 33.2 Å². The van der Waals surface area contributed by atoms with E-state index in [-0.39, 0.29) is 10.6 Å². The molecule has 27 heavy (non-hydrogen) atoms. The van der Waals surface area contributed by atoms with Crippen LogP contribution >= 0.6 is 11.6 Å². The van der Waals surface area contributed by atoms with Gasteiger partial charge in [0.2, 0.25) is 10.0 Å². The number of sulfonamides is 1. The zero-order valence-corrected chi connectivity index (χ0v) is 17.1. The Morgan fingerprint density at radius 2 is 1.81 bits per heavy atom. The maximum atomic E-state index is 12.8. The van der Waals surface area contributed by atoms with Crippen LogP contribution < -0.4 is 10.1 Å². The van der Waals surface area contributed by atoms with Crippen molar-refractivity contribution in [3.8, 4) is 5.75 Å². The standard InChI is InChI=1S/C19H23ClN2O4S/c1-4-22(5-2)27(24,25)16-10-11-18(26-6-3)17(13-16)21-19(23)14-8-7-9-15(20)12-14/h7-13H,4-6H2,1-3H3,(H,21,23). The molecule has 0 bridgehead atoms. The van der Waals surface area contributed by atoms with Gasteiger partial charge in [-0.05, 0) is 43.3 Å². The summed E-state index contributed by atoms with van der Waals surface area (Å²) in [6, 6.07) is 10.9. The minimum Gasteiger partial charge on any atom is -0.492 e. The van der Waals surface area contributed by atoms with E-state index < -0.39 is 15.9 Å². The quantitative estimate of drug-likeness (QED) is 0.713. The lowest BCUT2D eigenvalue weighted by molar-refractivity contribution is 0.102.